The Kier molecular flexibility index (Phi) is 4.82. The zero-order valence-corrected chi connectivity index (χ0v) is 8.92. The molecule has 0 heterocycles. The lowest BCUT2D eigenvalue weighted by Crippen LogP contribution is -2.29. The molecule has 16 heavy (non-hydrogen) atoms. The van der Waals surface area contributed by atoms with E-state index in [4.69, 9.17) is 0 Å². The van der Waals surface area contributed by atoms with E-state index in [0.717, 1.165) is 0 Å². The van der Waals surface area contributed by atoms with Gasteiger partial charge in [-0.2, -0.15) is 4.99 Å². The van der Waals surface area contributed by atoms with E-state index < -0.39 is 12.2 Å². The Bertz CT molecular complexity index is 389. The van der Waals surface area contributed by atoms with E-state index in [0.29, 0.717) is 11.3 Å². The van der Waals surface area contributed by atoms with Crippen LogP contribution in [0.4, 0.5) is 5.69 Å². The fourth-order valence-electron chi connectivity index (χ4n) is 1.37. The molecule has 0 radical (unpaired) electrons. The Labute approximate surface area is 93.5 Å². The first kappa shape index (κ1) is 12.5. The third-order valence-corrected chi connectivity index (χ3v) is 2.16. The Morgan fingerprint density at radius 3 is 2.88 bits per heavy atom. The zero-order chi connectivity index (χ0) is 12.0. The number of nitrogens with zero attached hydrogens (tertiary/aromatic N) is 1. The van der Waals surface area contributed by atoms with Gasteiger partial charge in [0.1, 0.15) is 6.10 Å². The lowest BCUT2D eigenvalue weighted by atomic mass is 10.0. The molecule has 0 aromatic heterocycles. The molecule has 0 aliphatic carbocycles. The van der Waals surface area contributed by atoms with E-state index in [1.807, 2.05) is 0 Å². The molecule has 1 aromatic carbocycles. The minimum atomic E-state index is -1.01. The van der Waals surface area contributed by atoms with Gasteiger partial charge in [0, 0.05) is 6.54 Å². The van der Waals surface area contributed by atoms with Crippen molar-refractivity contribution in [1.82, 2.24) is 5.32 Å². The summed E-state index contributed by atoms with van der Waals surface area (Å²) in [5.41, 5.74) is 0.919. The van der Waals surface area contributed by atoms with Gasteiger partial charge in [0.15, 0.2) is 0 Å². The van der Waals surface area contributed by atoms with Gasteiger partial charge in [-0.15, -0.1) is 0 Å². The van der Waals surface area contributed by atoms with Crippen LogP contribution in [0.2, 0.25) is 0 Å². The molecule has 2 atom stereocenters. The Morgan fingerprint density at radius 1 is 1.50 bits per heavy atom. The summed E-state index contributed by atoms with van der Waals surface area (Å²) in [6, 6.07) is 6.47. The second kappa shape index (κ2) is 6.15. The fraction of sp³-hybridized carbons (Fsp3) is 0.364. The van der Waals surface area contributed by atoms with Crippen molar-refractivity contribution >= 4 is 11.8 Å². The molecular formula is C11H14N2O3. The summed E-state index contributed by atoms with van der Waals surface area (Å²) in [7, 11) is 1.68. The number of nitrogens with one attached hydrogen (secondary N) is 1. The molecule has 0 fully saturated rings. The molecule has 0 aliphatic rings. The van der Waals surface area contributed by atoms with Crippen molar-refractivity contribution in [1.29, 1.82) is 0 Å². The highest BCUT2D eigenvalue weighted by Gasteiger charge is 2.17. The van der Waals surface area contributed by atoms with Gasteiger partial charge in [-0.3, -0.25) is 0 Å². The van der Waals surface area contributed by atoms with Crippen LogP contribution in [-0.2, 0) is 4.79 Å². The molecule has 0 saturated heterocycles. The largest absolute Gasteiger partial charge is 0.389 e. The molecule has 0 spiro atoms. The average Bonchev–Trinajstić information content (AvgIpc) is 2.29. The van der Waals surface area contributed by atoms with Gasteiger partial charge < -0.3 is 15.5 Å². The molecule has 86 valence electrons. The normalized spacial score (nSPS) is 13.9. The van der Waals surface area contributed by atoms with Crippen molar-refractivity contribution in [3.8, 4) is 0 Å². The van der Waals surface area contributed by atoms with E-state index >= 15 is 0 Å². The number of rotatable bonds is 5. The van der Waals surface area contributed by atoms with Crippen molar-refractivity contribution in [3.05, 3.63) is 29.8 Å². The quantitative estimate of drug-likeness (QED) is 0.493. The summed E-state index contributed by atoms with van der Waals surface area (Å²) < 4.78 is 0. The summed E-state index contributed by atoms with van der Waals surface area (Å²) >= 11 is 0. The standard InChI is InChI=1S/C11H14N2O3/c1-12-6-10(15)11(16)8-3-2-4-9(5-8)13-7-14/h2-5,10-12,15-16H,6H2,1H3. The number of aliphatic imine (C=N–C) groups is 1. The second-order valence-corrected chi connectivity index (χ2v) is 3.37. The maximum Gasteiger partial charge on any atom is 0.240 e. The third kappa shape index (κ3) is 3.25. The third-order valence-electron chi connectivity index (χ3n) is 2.16. The lowest BCUT2D eigenvalue weighted by molar-refractivity contribution is 0.0203. The predicted octanol–water partition coefficient (Wildman–Crippen LogP) is 0.268. The van der Waals surface area contributed by atoms with Crippen LogP contribution < -0.4 is 5.32 Å². The maximum atomic E-state index is 10.1. The molecule has 2 unspecified atom stereocenters. The van der Waals surface area contributed by atoms with Gasteiger partial charge in [-0.1, -0.05) is 12.1 Å². The topological polar surface area (TPSA) is 81.9 Å². The SMILES string of the molecule is CNCC(O)C(O)c1cccc(N=C=O)c1. The summed E-state index contributed by atoms with van der Waals surface area (Å²) in [6.45, 7) is 0.280. The van der Waals surface area contributed by atoms with Crippen molar-refractivity contribution in [2.45, 2.75) is 12.2 Å². The molecule has 5 heteroatoms. The highest BCUT2D eigenvalue weighted by Crippen LogP contribution is 2.21. The number of aliphatic hydroxyl groups excluding tert-OH is 2. The molecular weight excluding hydrogens is 208 g/mol. The van der Waals surface area contributed by atoms with Gasteiger partial charge in [-0.05, 0) is 24.7 Å². The van der Waals surface area contributed by atoms with Crippen LogP contribution in [-0.4, -0.2) is 36.0 Å². The molecule has 0 aliphatic heterocycles. The number of benzene rings is 1. The Balaban J connectivity index is 2.86. The summed E-state index contributed by atoms with van der Waals surface area (Å²) in [5.74, 6) is 0. The van der Waals surface area contributed by atoms with Crippen molar-refractivity contribution in [3.63, 3.8) is 0 Å². The first-order valence-corrected chi connectivity index (χ1v) is 4.87. The van der Waals surface area contributed by atoms with Gasteiger partial charge >= 0.3 is 0 Å². The minimum absolute atomic E-state index is 0.280. The van der Waals surface area contributed by atoms with Crippen LogP contribution >= 0.6 is 0 Å². The Morgan fingerprint density at radius 2 is 2.25 bits per heavy atom. The number of likely N-dealkylation sites (N-methyl/N-ethyl adjacent to an activating group) is 1. The van der Waals surface area contributed by atoms with Crippen molar-refractivity contribution in [2.24, 2.45) is 4.99 Å². The van der Waals surface area contributed by atoms with E-state index in [1.54, 1.807) is 25.2 Å². The molecule has 1 aromatic rings. The smallest absolute Gasteiger partial charge is 0.240 e. The van der Waals surface area contributed by atoms with Crippen LogP contribution in [0.1, 0.15) is 11.7 Å². The highest BCUT2D eigenvalue weighted by atomic mass is 16.3. The second-order valence-electron chi connectivity index (χ2n) is 3.37. The minimum Gasteiger partial charge on any atom is -0.389 e. The van der Waals surface area contributed by atoms with Gasteiger partial charge in [0.2, 0.25) is 6.08 Å². The summed E-state index contributed by atoms with van der Waals surface area (Å²) in [6.07, 6.45) is -0.485. The zero-order valence-electron chi connectivity index (χ0n) is 8.92. The summed E-state index contributed by atoms with van der Waals surface area (Å²) in [5, 5.41) is 22.1. The van der Waals surface area contributed by atoms with E-state index in [9.17, 15) is 15.0 Å². The molecule has 0 saturated carbocycles. The molecule has 0 amide bonds. The van der Waals surface area contributed by atoms with E-state index in [-0.39, 0.29) is 6.54 Å². The summed E-state index contributed by atoms with van der Waals surface area (Å²) in [4.78, 5) is 13.5. The molecule has 1 rings (SSSR count). The maximum absolute atomic E-state index is 10.1. The monoisotopic (exact) mass is 222 g/mol. The van der Waals surface area contributed by atoms with Crippen LogP contribution in [0.3, 0.4) is 0 Å². The number of aliphatic hydroxyl groups is 2. The van der Waals surface area contributed by atoms with E-state index in [1.165, 1.54) is 12.1 Å². The van der Waals surface area contributed by atoms with Crippen LogP contribution in [0.25, 0.3) is 0 Å². The van der Waals surface area contributed by atoms with Gasteiger partial charge in [0.05, 0.1) is 11.8 Å². The molecule has 3 N–H and O–H groups in total. The van der Waals surface area contributed by atoms with Crippen molar-refractivity contribution < 1.29 is 15.0 Å². The van der Waals surface area contributed by atoms with Crippen LogP contribution in [0.15, 0.2) is 29.3 Å². The molecule has 0 bridgehead atoms. The Hall–Kier alpha value is -1.52. The first-order chi connectivity index (χ1) is 7.69. The number of hydrogen-bond acceptors (Lipinski definition) is 5. The van der Waals surface area contributed by atoms with Gasteiger partial charge in [0.25, 0.3) is 0 Å². The van der Waals surface area contributed by atoms with Gasteiger partial charge in [-0.25, -0.2) is 4.79 Å². The number of carbonyl (C=O) groups excluding carboxylic acids is 1. The predicted molar refractivity (Wildman–Crippen MR) is 59.1 cm³/mol. The average molecular weight is 222 g/mol. The molecule has 5 nitrogen and oxygen atoms in total. The first-order valence-electron chi connectivity index (χ1n) is 4.87. The van der Waals surface area contributed by atoms with Crippen LogP contribution in [0.5, 0.6) is 0 Å². The lowest BCUT2D eigenvalue weighted by Gasteiger charge is -2.17. The number of isocyanates is 1. The fourth-order valence-corrected chi connectivity index (χ4v) is 1.37. The van der Waals surface area contributed by atoms with Crippen LogP contribution in [0, 0.1) is 0 Å². The van der Waals surface area contributed by atoms with E-state index in [2.05, 4.69) is 10.3 Å². The van der Waals surface area contributed by atoms with Crippen molar-refractivity contribution in [2.75, 3.05) is 13.6 Å². The highest BCUT2D eigenvalue weighted by molar-refractivity contribution is 5.50. The number of hydrogen-bond donors (Lipinski definition) is 3.